The number of carboxylic acids is 1. The van der Waals surface area contributed by atoms with Crippen LogP contribution in [0.15, 0.2) is 12.3 Å². The number of aromatic nitrogens is 1. The molecule has 0 aliphatic carbocycles. The highest BCUT2D eigenvalue weighted by Crippen LogP contribution is 2.25. The SMILES string of the molecule is CC1CCCN(c2ncc(C(=O)O)cc2N)CC1. The van der Waals surface area contributed by atoms with Gasteiger partial charge in [0.25, 0.3) is 0 Å². The first-order chi connectivity index (χ1) is 8.58. The van der Waals surface area contributed by atoms with E-state index in [1.54, 1.807) is 0 Å². The first-order valence-corrected chi connectivity index (χ1v) is 6.31. The fourth-order valence-electron chi connectivity index (χ4n) is 2.33. The minimum absolute atomic E-state index is 0.138. The molecule has 1 aliphatic heterocycles. The van der Waals surface area contributed by atoms with E-state index in [0.29, 0.717) is 11.5 Å². The van der Waals surface area contributed by atoms with Gasteiger partial charge in [0.05, 0.1) is 11.3 Å². The highest BCUT2D eigenvalue weighted by atomic mass is 16.4. The zero-order chi connectivity index (χ0) is 13.1. The highest BCUT2D eigenvalue weighted by molar-refractivity contribution is 5.89. The number of aromatic carboxylic acids is 1. The molecule has 1 fully saturated rings. The lowest BCUT2D eigenvalue weighted by atomic mass is 10.0. The number of hydrogen-bond acceptors (Lipinski definition) is 4. The summed E-state index contributed by atoms with van der Waals surface area (Å²) in [5, 5.41) is 8.88. The van der Waals surface area contributed by atoms with Crippen molar-refractivity contribution in [1.29, 1.82) is 0 Å². The van der Waals surface area contributed by atoms with Gasteiger partial charge in [0.15, 0.2) is 5.82 Å². The lowest BCUT2D eigenvalue weighted by molar-refractivity contribution is 0.0696. The average Bonchev–Trinajstić information content (AvgIpc) is 2.54. The summed E-state index contributed by atoms with van der Waals surface area (Å²) in [7, 11) is 0. The number of nitrogens with zero attached hydrogens (tertiary/aromatic N) is 2. The molecular weight excluding hydrogens is 230 g/mol. The van der Waals surface area contributed by atoms with Gasteiger partial charge in [-0.2, -0.15) is 0 Å². The van der Waals surface area contributed by atoms with Crippen LogP contribution in [-0.4, -0.2) is 29.1 Å². The van der Waals surface area contributed by atoms with Crippen LogP contribution in [-0.2, 0) is 0 Å². The topological polar surface area (TPSA) is 79.5 Å². The number of rotatable bonds is 2. The summed E-state index contributed by atoms with van der Waals surface area (Å²) in [6, 6.07) is 1.49. The third-order valence-electron chi connectivity index (χ3n) is 3.46. The summed E-state index contributed by atoms with van der Waals surface area (Å²) < 4.78 is 0. The van der Waals surface area contributed by atoms with Gasteiger partial charge >= 0.3 is 5.97 Å². The molecule has 0 spiro atoms. The normalized spacial score (nSPS) is 20.5. The van der Waals surface area contributed by atoms with Gasteiger partial charge in [-0.3, -0.25) is 0 Å². The van der Waals surface area contributed by atoms with E-state index in [1.165, 1.54) is 18.7 Å². The van der Waals surface area contributed by atoms with Gasteiger partial charge in [0, 0.05) is 19.3 Å². The summed E-state index contributed by atoms with van der Waals surface area (Å²) in [6.07, 6.45) is 4.86. The smallest absolute Gasteiger partial charge is 0.337 e. The molecule has 0 radical (unpaired) electrons. The van der Waals surface area contributed by atoms with E-state index in [-0.39, 0.29) is 5.56 Å². The highest BCUT2D eigenvalue weighted by Gasteiger charge is 2.18. The van der Waals surface area contributed by atoms with Crippen LogP contribution in [0.2, 0.25) is 0 Å². The quantitative estimate of drug-likeness (QED) is 0.838. The molecule has 1 unspecified atom stereocenters. The molecule has 1 aromatic heterocycles. The monoisotopic (exact) mass is 249 g/mol. The summed E-state index contributed by atoms with van der Waals surface area (Å²) in [6.45, 7) is 4.13. The Kier molecular flexibility index (Phi) is 3.69. The number of pyridine rings is 1. The third kappa shape index (κ3) is 2.72. The lowest BCUT2D eigenvalue weighted by Crippen LogP contribution is -2.26. The van der Waals surface area contributed by atoms with Crippen LogP contribution >= 0.6 is 0 Å². The summed E-state index contributed by atoms with van der Waals surface area (Å²) in [5.74, 6) is 0.453. The fraction of sp³-hybridized carbons (Fsp3) is 0.538. The van der Waals surface area contributed by atoms with E-state index in [2.05, 4.69) is 16.8 Å². The average molecular weight is 249 g/mol. The fourth-order valence-corrected chi connectivity index (χ4v) is 2.33. The van der Waals surface area contributed by atoms with E-state index in [1.807, 2.05) is 0 Å². The molecule has 1 aliphatic rings. The van der Waals surface area contributed by atoms with Crippen LogP contribution in [0.1, 0.15) is 36.5 Å². The van der Waals surface area contributed by atoms with Gasteiger partial charge in [-0.15, -0.1) is 0 Å². The Morgan fingerprint density at radius 1 is 1.50 bits per heavy atom. The van der Waals surface area contributed by atoms with E-state index in [4.69, 9.17) is 10.8 Å². The van der Waals surface area contributed by atoms with Crippen molar-refractivity contribution in [3.63, 3.8) is 0 Å². The van der Waals surface area contributed by atoms with Crippen molar-refractivity contribution in [3.05, 3.63) is 17.8 Å². The molecule has 0 amide bonds. The maximum atomic E-state index is 10.8. The van der Waals surface area contributed by atoms with Gasteiger partial charge in [0.1, 0.15) is 0 Å². The third-order valence-corrected chi connectivity index (χ3v) is 3.46. The molecule has 3 N–H and O–H groups in total. The molecule has 2 rings (SSSR count). The predicted octanol–water partition coefficient (Wildman–Crippen LogP) is 1.99. The molecule has 18 heavy (non-hydrogen) atoms. The number of hydrogen-bond donors (Lipinski definition) is 2. The Morgan fingerprint density at radius 2 is 2.28 bits per heavy atom. The van der Waals surface area contributed by atoms with Gasteiger partial charge in [-0.05, 0) is 31.2 Å². The summed E-state index contributed by atoms with van der Waals surface area (Å²) in [4.78, 5) is 17.2. The van der Waals surface area contributed by atoms with Crippen molar-refractivity contribution >= 4 is 17.5 Å². The van der Waals surface area contributed by atoms with E-state index >= 15 is 0 Å². The standard InChI is InChI=1S/C13H19N3O2/c1-9-3-2-5-16(6-4-9)12-11(14)7-10(8-15-12)13(17)18/h7-9H,2-6,14H2,1H3,(H,17,18). The molecule has 1 aromatic rings. The number of carboxylic acid groups (broad SMARTS) is 1. The molecule has 1 atom stereocenters. The molecule has 98 valence electrons. The molecule has 1 saturated heterocycles. The van der Waals surface area contributed by atoms with Crippen LogP contribution in [0.4, 0.5) is 11.5 Å². The van der Waals surface area contributed by atoms with Gasteiger partial charge in [-0.1, -0.05) is 6.92 Å². The Labute approximate surface area is 107 Å². The van der Waals surface area contributed by atoms with Crippen molar-refractivity contribution in [1.82, 2.24) is 4.98 Å². The maximum absolute atomic E-state index is 10.8. The zero-order valence-corrected chi connectivity index (χ0v) is 10.6. The second-order valence-corrected chi connectivity index (χ2v) is 4.97. The van der Waals surface area contributed by atoms with E-state index in [9.17, 15) is 4.79 Å². The number of nitrogens with two attached hydrogens (primary N) is 1. The minimum atomic E-state index is -0.995. The van der Waals surface area contributed by atoms with Crippen molar-refractivity contribution < 1.29 is 9.90 Å². The maximum Gasteiger partial charge on any atom is 0.337 e. The second kappa shape index (κ2) is 5.25. The first-order valence-electron chi connectivity index (χ1n) is 6.31. The van der Waals surface area contributed by atoms with Crippen LogP contribution in [0, 0.1) is 5.92 Å². The van der Waals surface area contributed by atoms with E-state index in [0.717, 1.165) is 31.8 Å². The number of carbonyl (C=O) groups is 1. The Bertz CT molecular complexity index is 448. The number of nitrogen functional groups attached to an aromatic ring is 1. The predicted molar refractivity (Wildman–Crippen MR) is 70.8 cm³/mol. The minimum Gasteiger partial charge on any atom is -0.478 e. The molecule has 0 saturated carbocycles. The van der Waals surface area contributed by atoms with Crippen LogP contribution in [0.25, 0.3) is 0 Å². The van der Waals surface area contributed by atoms with Gasteiger partial charge in [-0.25, -0.2) is 9.78 Å². The van der Waals surface area contributed by atoms with Gasteiger partial charge < -0.3 is 15.7 Å². The van der Waals surface area contributed by atoms with Crippen LogP contribution in [0.5, 0.6) is 0 Å². The van der Waals surface area contributed by atoms with Crippen molar-refractivity contribution in [2.24, 2.45) is 5.92 Å². The molecule has 0 bridgehead atoms. The van der Waals surface area contributed by atoms with Crippen molar-refractivity contribution in [2.45, 2.75) is 26.2 Å². The first kappa shape index (κ1) is 12.7. The van der Waals surface area contributed by atoms with E-state index < -0.39 is 5.97 Å². The molecule has 5 heteroatoms. The van der Waals surface area contributed by atoms with Crippen LogP contribution in [0.3, 0.4) is 0 Å². The molecule has 2 heterocycles. The van der Waals surface area contributed by atoms with Crippen molar-refractivity contribution in [2.75, 3.05) is 23.7 Å². The Hall–Kier alpha value is -1.78. The molecule has 5 nitrogen and oxygen atoms in total. The lowest BCUT2D eigenvalue weighted by Gasteiger charge is -2.23. The Morgan fingerprint density at radius 3 is 2.94 bits per heavy atom. The zero-order valence-electron chi connectivity index (χ0n) is 10.6. The molecular formula is C13H19N3O2. The van der Waals surface area contributed by atoms with Crippen LogP contribution < -0.4 is 10.6 Å². The Balaban J connectivity index is 2.20. The summed E-state index contributed by atoms with van der Waals surface area (Å²) >= 11 is 0. The largest absolute Gasteiger partial charge is 0.478 e. The number of anilines is 2. The summed E-state index contributed by atoms with van der Waals surface area (Å²) in [5.41, 5.74) is 6.50. The second-order valence-electron chi connectivity index (χ2n) is 4.97. The molecule has 0 aromatic carbocycles. The van der Waals surface area contributed by atoms with Gasteiger partial charge in [0.2, 0.25) is 0 Å². The van der Waals surface area contributed by atoms with Crippen molar-refractivity contribution in [3.8, 4) is 0 Å².